The summed E-state index contributed by atoms with van der Waals surface area (Å²) in [7, 11) is 2.19. The summed E-state index contributed by atoms with van der Waals surface area (Å²) in [6.07, 6.45) is 4.45. The zero-order valence-electron chi connectivity index (χ0n) is 15.7. The third-order valence-electron chi connectivity index (χ3n) is 6.15. The highest BCUT2D eigenvalue weighted by molar-refractivity contribution is 6.06. The molecule has 1 aromatic carbocycles. The van der Waals surface area contributed by atoms with E-state index in [4.69, 9.17) is 0 Å². The van der Waals surface area contributed by atoms with E-state index in [0.29, 0.717) is 17.6 Å². The summed E-state index contributed by atoms with van der Waals surface area (Å²) in [5.41, 5.74) is 1.20. The Hall–Kier alpha value is -2.14. The summed E-state index contributed by atoms with van der Waals surface area (Å²) in [6, 6.07) is 10.6. The molecule has 2 bridgehead atoms. The summed E-state index contributed by atoms with van der Waals surface area (Å²) in [4.78, 5) is 28.1. The van der Waals surface area contributed by atoms with Crippen LogP contribution in [0.2, 0.25) is 0 Å². The highest BCUT2D eigenvalue weighted by Gasteiger charge is 2.39. The van der Waals surface area contributed by atoms with E-state index >= 15 is 0 Å². The lowest BCUT2D eigenvalue weighted by atomic mass is 9.97. The van der Waals surface area contributed by atoms with Gasteiger partial charge >= 0.3 is 0 Å². The maximum absolute atomic E-state index is 13.0. The van der Waals surface area contributed by atoms with E-state index in [0.717, 1.165) is 23.7 Å². The fourth-order valence-electron chi connectivity index (χ4n) is 4.81. The largest absolute Gasteiger partial charge is 0.349 e. The van der Waals surface area contributed by atoms with E-state index < -0.39 is 0 Å². The SMILES string of the molecule is CC(C)n1c(=O)cc(C(=O)NC2CC3CCC(C2)N3C)c2ccccc21. The molecule has 1 aromatic heterocycles. The minimum absolute atomic E-state index is 0.0500. The molecule has 3 heterocycles. The molecule has 5 nitrogen and oxygen atoms in total. The number of piperidine rings is 1. The van der Waals surface area contributed by atoms with Gasteiger partial charge in [-0.05, 0) is 52.6 Å². The Balaban J connectivity index is 1.66. The Bertz CT molecular complexity index is 888. The average molecular weight is 353 g/mol. The Kier molecular flexibility index (Phi) is 4.35. The Labute approximate surface area is 154 Å². The van der Waals surface area contributed by atoms with Crippen LogP contribution in [0.25, 0.3) is 10.9 Å². The third kappa shape index (κ3) is 2.84. The van der Waals surface area contributed by atoms with Crippen molar-refractivity contribution in [1.29, 1.82) is 0 Å². The molecule has 5 heteroatoms. The van der Waals surface area contributed by atoms with Gasteiger partial charge in [0.05, 0.1) is 11.1 Å². The second-order valence-electron chi connectivity index (χ2n) is 8.07. The third-order valence-corrected chi connectivity index (χ3v) is 6.15. The molecule has 2 aliphatic rings. The second kappa shape index (κ2) is 6.54. The number of aromatic nitrogens is 1. The number of fused-ring (bicyclic) bond motifs is 3. The quantitative estimate of drug-likeness (QED) is 0.923. The number of nitrogens with zero attached hydrogens (tertiary/aromatic N) is 2. The van der Waals surface area contributed by atoms with Crippen molar-refractivity contribution in [1.82, 2.24) is 14.8 Å². The predicted molar refractivity (Wildman–Crippen MR) is 104 cm³/mol. The molecular formula is C21H27N3O2. The standard InChI is InChI=1S/C21H27N3O2/c1-13(2)24-19-7-5-4-6-17(19)18(12-20(24)25)21(26)22-14-10-15-8-9-16(11-14)23(15)3/h4-7,12-16H,8-11H2,1-3H3,(H,22,26). The van der Waals surface area contributed by atoms with Gasteiger partial charge in [0, 0.05) is 35.6 Å². The number of amides is 1. The molecule has 0 saturated carbocycles. The Morgan fingerprint density at radius 1 is 1.15 bits per heavy atom. The van der Waals surface area contributed by atoms with Crippen molar-refractivity contribution in [3.05, 3.63) is 46.2 Å². The molecule has 2 unspecified atom stereocenters. The predicted octanol–water partition coefficient (Wildman–Crippen LogP) is 2.94. The van der Waals surface area contributed by atoms with Crippen LogP contribution >= 0.6 is 0 Å². The van der Waals surface area contributed by atoms with Crippen molar-refractivity contribution in [3.63, 3.8) is 0 Å². The first kappa shape index (κ1) is 17.3. The molecule has 26 heavy (non-hydrogen) atoms. The van der Waals surface area contributed by atoms with E-state index in [1.54, 1.807) is 4.57 Å². The van der Waals surface area contributed by atoms with Gasteiger partial charge in [0.25, 0.3) is 11.5 Å². The van der Waals surface area contributed by atoms with Gasteiger partial charge in [-0.2, -0.15) is 0 Å². The maximum Gasteiger partial charge on any atom is 0.252 e. The molecule has 0 aliphatic carbocycles. The van der Waals surface area contributed by atoms with Crippen LogP contribution in [0.5, 0.6) is 0 Å². The second-order valence-corrected chi connectivity index (χ2v) is 8.07. The first-order chi connectivity index (χ1) is 12.5. The molecule has 1 N–H and O–H groups in total. The fourth-order valence-corrected chi connectivity index (χ4v) is 4.81. The van der Waals surface area contributed by atoms with Crippen molar-refractivity contribution in [2.24, 2.45) is 0 Å². The van der Waals surface area contributed by atoms with Gasteiger partial charge < -0.3 is 14.8 Å². The molecule has 2 aliphatic heterocycles. The molecule has 138 valence electrons. The average Bonchev–Trinajstić information content (AvgIpc) is 2.81. The number of pyridine rings is 1. The van der Waals surface area contributed by atoms with Gasteiger partial charge in [0.15, 0.2) is 0 Å². The lowest BCUT2D eigenvalue weighted by molar-refractivity contribution is 0.0884. The van der Waals surface area contributed by atoms with Gasteiger partial charge in [-0.25, -0.2) is 0 Å². The number of para-hydroxylation sites is 1. The van der Waals surface area contributed by atoms with Gasteiger partial charge in [-0.3, -0.25) is 9.59 Å². The van der Waals surface area contributed by atoms with Crippen molar-refractivity contribution in [3.8, 4) is 0 Å². The molecule has 0 spiro atoms. The zero-order chi connectivity index (χ0) is 18.4. The number of carbonyl (C=O) groups excluding carboxylic acids is 1. The lowest BCUT2D eigenvalue weighted by Gasteiger charge is -2.36. The van der Waals surface area contributed by atoms with E-state index in [-0.39, 0.29) is 23.6 Å². The lowest BCUT2D eigenvalue weighted by Crippen LogP contribution is -2.48. The normalized spacial score (nSPS) is 25.8. The van der Waals surface area contributed by atoms with E-state index in [1.807, 2.05) is 38.1 Å². The van der Waals surface area contributed by atoms with Crippen molar-refractivity contribution >= 4 is 16.8 Å². The number of hydrogen-bond acceptors (Lipinski definition) is 3. The molecular weight excluding hydrogens is 326 g/mol. The topological polar surface area (TPSA) is 54.3 Å². The van der Waals surface area contributed by atoms with Crippen LogP contribution in [0.15, 0.2) is 35.1 Å². The van der Waals surface area contributed by atoms with Crippen molar-refractivity contribution < 1.29 is 4.79 Å². The van der Waals surface area contributed by atoms with Crippen LogP contribution in [-0.4, -0.2) is 40.5 Å². The van der Waals surface area contributed by atoms with Crippen LogP contribution in [-0.2, 0) is 0 Å². The number of benzene rings is 1. The summed E-state index contributed by atoms with van der Waals surface area (Å²) in [5, 5.41) is 4.05. The minimum Gasteiger partial charge on any atom is -0.349 e. The molecule has 2 saturated heterocycles. The molecule has 2 aromatic rings. The van der Waals surface area contributed by atoms with Crippen LogP contribution in [0.4, 0.5) is 0 Å². The van der Waals surface area contributed by atoms with Crippen LogP contribution in [0.3, 0.4) is 0 Å². The zero-order valence-corrected chi connectivity index (χ0v) is 15.7. The van der Waals surface area contributed by atoms with Crippen LogP contribution in [0, 0.1) is 0 Å². The smallest absolute Gasteiger partial charge is 0.252 e. The van der Waals surface area contributed by atoms with E-state index in [9.17, 15) is 9.59 Å². The van der Waals surface area contributed by atoms with Gasteiger partial charge in [-0.15, -0.1) is 0 Å². The molecule has 4 rings (SSSR count). The first-order valence-electron chi connectivity index (χ1n) is 9.62. The fraction of sp³-hybridized carbons (Fsp3) is 0.524. The van der Waals surface area contributed by atoms with Crippen LogP contribution < -0.4 is 10.9 Å². The van der Waals surface area contributed by atoms with E-state index in [2.05, 4.69) is 17.3 Å². The molecule has 0 radical (unpaired) electrons. The summed E-state index contributed by atoms with van der Waals surface area (Å²) >= 11 is 0. The first-order valence-corrected chi connectivity index (χ1v) is 9.62. The Morgan fingerprint density at radius 2 is 1.81 bits per heavy atom. The number of carbonyl (C=O) groups is 1. The van der Waals surface area contributed by atoms with Gasteiger partial charge in [-0.1, -0.05) is 18.2 Å². The summed E-state index contributed by atoms with van der Waals surface area (Å²) < 4.78 is 1.75. The summed E-state index contributed by atoms with van der Waals surface area (Å²) in [5.74, 6) is -0.122. The Morgan fingerprint density at radius 3 is 2.46 bits per heavy atom. The number of rotatable bonds is 3. The number of nitrogens with one attached hydrogen (secondary N) is 1. The molecule has 2 fully saturated rings. The number of hydrogen-bond donors (Lipinski definition) is 1. The van der Waals surface area contributed by atoms with Gasteiger partial charge in [0.1, 0.15) is 0 Å². The minimum atomic E-state index is -0.122. The molecule has 2 atom stereocenters. The molecule has 1 amide bonds. The highest BCUT2D eigenvalue weighted by atomic mass is 16.2. The maximum atomic E-state index is 13.0. The monoisotopic (exact) mass is 353 g/mol. The van der Waals surface area contributed by atoms with Gasteiger partial charge in [0.2, 0.25) is 0 Å². The van der Waals surface area contributed by atoms with Crippen molar-refractivity contribution in [2.75, 3.05) is 7.05 Å². The van der Waals surface area contributed by atoms with E-state index in [1.165, 1.54) is 18.9 Å². The summed E-state index contributed by atoms with van der Waals surface area (Å²) in [6.45, 7) is 3.98. The van der Waals surface area contributed by atoms with Crippen LogP contribution in [0.1, 0.15) is 55.9 Å². The van der Waals surface area contributed by atoms with Crippen molar-refractivity contribution in [2.45, 2.75) is 63.7 Å². The highest BCUT2D eigenvalue weighted by Crippen LogP contribution is 2.34.